The number of carboxylic acid groups (broad SMARTS) is 1. The fourth-order valence-electron chi connectivity index (χ4n) is 17.7. The second kappa shape index (κ2) is 40.7. The van der Waals surface area contributed by atoms with Gasteiger partial charge in [-0.25, -0.2) is 40.7 Å². The van der Waals surface area contributed by atoms with Crippen LogP contribution in [-0.2, 0) is 81.0 Å². The van der Waals surface area contributed by atoms with Crippen LogP contribution in [0.1, 0.15) is 170 Å². The number of anilines is 3. The lowest BCUT2D eigenvalue weighted by molar-refractivity contribution is -0.165. The number of esters is 2. The minimum Gasteiger partial charge on any atom is -0.478 e. The first-order chi connectivity index (χ1) is 59.6. The van der Waals surface area contributed by atoms with Crippen LogP contribution in [-0.4, -0.2) is 196 Å². The summed E-state index contributed by atoms with van der Waals surface area (Å²) in [4.78, 5) is 96.3. The van der Waals surface area contributed by atoms with E-state index in [9.17, 15) is 105 Å². The van der Waals surface area contributed by atoms with Crippen molar-refractivity contribution in [1.29, 1.82) is 0 Å². The molecule has 6 aliphatic heterocycles. The predicted molar refractivity (Wildman–Crippen MR) is 436 cm³/mol. The number of hydrogen-bond donors (Lipinski definition) is 5. The number of hydrogen-bond acceptors (Lipinski definition) is 18. The van der Waals surface area contributed by atoms with Gasteiger partial charge in [-0.1, -0.05) is 7.43 Å². The van der Waals surface area contributed by atoms with Gasteiger partial charge in [-0.3, -0.25) is 29.0 Å². The van der Waals surface area contributed by atoms with Crippen molar-refractivity contribution in [1.82, 2.24) is 31.1 Å². The van der Waals surface area contributed by atoms with Gasteiger partial charge in [0, 0.05) is 132 Å². The molecule has 127 heavy (non-hydrogen) atoms. The molecule has 15 rings (SSSR count). The Morgan fingerprint density at radius 2 is 0.803 bits per heavy atom. The zero-order chi connectivity index (χ0) is 91.1. The van der Waals surface area contributed by atoms with Crippen LogP contribution in [0.25, 0.3) is 0 Å². The Morgan fingerprint density at radius 1 is 0.457 bits per heavy atom. The number of ether oxygens (including phenoxy) is 5. The molecule has 9 aliphatic rings. The number of halogens is 15. The van der Waals surface area contributed by atoms with Crippen molar-refractivity contribution in [3.8, 4) is 0 Å². The minimum absolute atomic E-state index is 0. The number of aromatic carboxylic acids is 1. The summed E-state index contributed by atoms with van der Waals surface area (Å²) in [6, 6.07) is 20.3. The van der Waals surface area contributed by atoms with E-state index in [1.165, 1.54) is 44.6 Å². The second-order valence-electron chi connectivity index (χ2n) is 33.5. The van der Waals surface area contributed by atoms with E-state index in [4.69, 9.17) is 18.9 Å². The summed E-state index contributed by atoms with van der Waals surface area (Å²) in [5.41, 5.74) is -4.74. The van der Waals surface area contributed by atoms with Crippen molar-refractivity contribution in [2.75, 3.05) is 108 Å². The smallest absolute Gasteiger partial charge is 0.416 e. The molecule has 0 bridgehead atoms. The molecule has 5 N–H and O–H groups in total. The van der Waals surface area contributed by atoms with Gasteiger partial charge in [0.2, 0.25) is 0 Å². The van der Waals surface area contributed by atoms with Crippen LogP contribution in [0.15, 0.2) is 109 Å². The quantitative estimate of drug-likeness (QED) is 0.0352. The highest BCUT2D eigenvalue weighted by atomic mass is 19.4. The Bertz CT molecular complexity index is 4930. The van der Waals surface area contributed by atoms with Gasteiger partial charge in [0.05, 0.1) is 60.8 Å². The summed E-state index contributed by atoms with van der Waals surface area (Å²) < 4.78 is 227. The van der Waals surface area contributed by atoms with Crippen LogP contribution in [0, 0.1) is 52.7 Å². The highest BCUT2D eigenvalue weighted by Gasteiger charge is 2.57. The van der Waals surface area contributed by atoms with Gasteiger partial charge < -0.3 is 64.8 Å². The molecular weight excluding hydrogens is 1700 g/mol. The molecule has 3 saturated carbocycles. The molecule has 22 nitrogen and oxygen atoms in total. The first-order valence-electron chi connectivity index (χ1n) is 41.8. The summed E-state index contributed by atoms with van der Waals surface area (Å²) in [5, 5.41) is 20.5. The first kappa shape index (κ1) is 97.5. The van der Waals surface area contributed by atoms with Crippen LogP contribution in [0.3, 0.4) is 0 Å². The predicted octanol–water partition coefficient (Wildman–Crippen LogP) is 14.8. The topological polar surface area (TPSA) is 250 Å². The van der Waals surface area contributed by atoms with E-state index >= 15 is 0 Å². The molecule has 6 heterocycles. The van der Waals surface area contributed by atoms with Gasteiger partial charge in [-0.05, 0) is 235 Å². The van der Waals surface area contributed by atoms with Crippen molar-refractivity contribution in [2.24, 2.45) is 17.8 Å². The number of Topliss-reactive ketones (excluding diaryl/α,β-unsaturated/α-hetero) is 1. The second-order valence-corrected chi connectivity index (χ2v) is 33.5. The third kappa shape index (κ3) is 23.7. The third-order valence-corrected chi connectivity index (χ3v) is 24.8. The lowest BCUT2D eigenvalue weighted by Gasteiger charge is -2.48. The zero-order valence-electron chi connectivity index (χ0n) is 69.9. The number of piperazine rings is 3. The van der Waals surface area contributed by atoms with Crippen LogP contribution in [0.4, 0.5) is 82.9 Å². The number of carboxylic acids is 1. The van der Waals surface area contributed by atoms with E-state index in [-0.39, 0.29) is 139 Å². The Morgan fingerprint density at radius 3 is 1.10 bits per heavy atom. The standard InChI is InChI=1S/C30H34F5N3O4.C29H32F5N3O4.C17H17F4NO3.C13H17FN2O2.CH4/c1-18-16-37(9-10-38(18)23-5-6-26(32)25(14-23)27(39)41-2)24-7-8-29(42-17-24,20-3-4-20)28(40)36-15-19-11-21(30(33,34)35)13-22(31)12-19;1-17-15-36(8-9-37(17)22-4-5-25(31)24(13-22)26(38)39)23-6-7-28(41-16-23,19-2-3-19)27(40)35-14-18-10-20(29(32,33)34)12-21(30)11-18;18-13-6-10(5-12(7-13)17(19,20)21)8-22-15(24)16(11-1-2-11)4-3-14(23)9-25-16;1-9-8-15-5-6-16(9)10-3-4-12(14)11(7-10)13(17)18-2;/h5-6,11-14,18,20,24H,3-4,7-10,15-17H2,1-2H3,(H,36,40);4-5,10-13,17,19,23H,2-3,6-9,14-16H2,1H3,(H,35,40)(H,38,39);5-7,11H,1-4,8-9H2,(H,22,24);3-4,7,9,15H,5-6,8H2,1-2H3;1H4/t18-,24+,29-;17-,23+,28-;16-;9-;/m0000./s1. The number of ketones is 1. The maximum Gasteiger partial charge on any atom is 0.416 e. The lowest BCUT2D eigenvalue weighted by atomic mass is 9.85. The molecule has 3 amide bonds. The first-order valence-corrected chi connectivity index (χ1v) is 41.8. The molecule has 0 spiro atoms. The van der Waals surface area contributed by atoms with E-state index in [0.717, 1.165) is 106 Å². The highest BCUT2D eigenvalue weighted by Crippen LogP contribution is 2.50. The largest absolute Gasteiger partial charge is 0.478 e. The van der Waals surface area contributed by atoms with Crippen LogP contribution in [0.2, 0.25) is 0 Å². The van der Waals surface area contributed by atoms with E-state index < -0.39 is 111 Å². The fraction of sp³-hybridized carbons (Fsp3) is 0.522. The van der Waals surface area contributed by atoms with Crippen LogP contribution >= 0.6 is 0 Å². The molecule has 3 aliphatic carbocycles. The number of rotatable bonds is 20. The monoisotopic (exact) mass is 1800 g/mol. The van der Waals surface area contributed by atoms with Gasteiger partial charge in [0.15, 0.2) is 5.78 Å². The highest BCUT2D eigenvalue weighted by molar-refractivity contribution is 5.93. The molecular formula is C90H104F15N9O13. The number of methoxy groups -OCH3 is 2. The average Bonchev–Trinajstić information content (AvgIpc) is 1.64. The third-order valence-electron chi connectivity index (χ3n) is 24.8. The van der Waals surface area contributed by atoms with Gasteiger partial charge in [0.1, 0.15) is 58.3 Å². The van der Waals surface area contributed by atoms with E-state index in [0.29, 0.717) is 108 Å². The summed E-state index contributed by atoms with van der Waals surface area (Å²) >= 11 is 0. The number of benzene rings is 6. The number of nitrogens with one attached hydrogen (secondary N) is 4. The van der Waals surface area contributed by atoms with Crippen molar-refractivity contribution in [3.63, 3.8) is 0 Å². The Kier molecular flexibility index (Phi) is 31.3. The molecule has 0 radical (unpaired) electrons. The van der Waals surface area contributed by atoms with Gasteiger partial charge in [0.25, 0.3) is 17.7 Å². The number of carbonyl (C=O) groups excluding carboxylic acids is 6. The molecule has 9 fully saturated rings. The Labute approximate surface area is 724 Å². The summed E-state index contributed by atoms with van der Waals surface area (Å²) in [5.74, 6) is -8.94. The maximum absolute atomic E-state index is 14.1. The molecule has 8 atom stereocenters. The minimum atomic E-state index is -4.69. The van der Waals surface area contributed by atoms with E-state index in [1.807, 2.05) is 11.8 Å². The molecule has 6 saturated heterocycles. The van der Waals surface area contributed by atoms with Crippen molar-refractivity contribution in [3.05, 3.63) is 194 Å². The van der Waals surface area contributed by atoms with Crippen molar-refractivity contribution < 1.29 is 128 Å². The van der Waals surface area contributed by atoms with Gasteiger partial charge in [-0.2, -0.15) is 39.5 Å². The zero-order valence-corrected chi connectivity index (χ0v) is 69.9. The number of carbonyl (C=O) groups is 7. The van der Waals surface area contributed by atoms with Gasteiger partial charge >= 0.3 is 36.4 Å². The summed E-state index contributed by atoms with van der Waals surface area (Å²) in [6.45, 7) is 12.5. The summed E-state index contributed by atoms with van der Waals surface area (Å²) in [7, 11) is 2.46. The number of amides is 3. The average molecular weight is 1800 g/mol. The van der Waals surface area contributed by atoms with Crippen LogP contribution < -0.4 is 36.0 Å². The normalized spacial score (nSPS) is 24.2. The molecule has 6 aromatic carbocycles. The fourth-order valence-corrected chi connectivity index (χ4v) is 17.7. The SMILES string of the molecule is C.COC(=O)c1cc(N2CCN([C@@H]3CC[C@@](C(=O)NCc4cc(F)cc(C(F)(F)F)c4)(C4CC4)OC3)C[C@@H]2C)ccc1F.COC(=O)c1cc(N2CCNC[C@@H]2C)ccc1F.C[C@H]1CN([C@@H]2CC[C@@](C(=O)NCc3cc(F)cc(C(F)(F)F)c3)(C3CC3)OC2)CCN1c1ccc(F)c(C(=O)O)c1.O=C1CC[C@@](C(=O)NCc2cc(F)cc(C(F)(F)F)c2)(C2CC2)OC1. The molecule has 0 aromatic heterocycles. The van der Waals surface area contributed by atoms with Crippen LogP contribution in [0.5, 0.6) is 0 Å². The molecule has 37 heteroatoms. The summed E-state index contributed by atoms with van der Waals surface area (Å²) in [6.07, 6.45) is -6.30. The van der Waals surface area contributed by atoms with Crippen molar-refractivity contribution >= 4 is 58.5 Å². The maximum atomic E-state index is 14.1. The Balaban J connectivity index is 0.000000172. The number of alkyl halides is 9. The molecule has 6 aromatic rings. The molecule has 0 unspecified atom stereocenters. The van der Waals surface area contributed by atoms with E-state index in [1.54, 1.807) is 24.3 Å². The Hall–Kier alpha value is -10.1. The number of nitrogens with zero attached hydrogens (tertiary/aromatic N) is 5. The van der Waals surface area contributed by atoms with E-state index in [2.05, 4.69) is 59.5 Å². The van der Waals surface area contributed by atoms with Crippen molar-refractivity contribution in [2.45, 2.75) is 190 Å². The lowest BCUT2D eigenvalue weighted by Crippen LogP contribution is -2.60. The van der Waals surface area contributed by atoms with Gasteiger partial charge in [-0.15, -0.1) is 0 Å². The molecule has 692 valence electrons.